The molecule has 0 saturated heterocycles. The molecule has 1 amide bonds. The summed E-state index contributed by atoms with van der Waals surface area (Å²) < 4.78 is 12.2. The van der Waals surface area contributed by atoms with Gasteiger partial charge in [0.25, 0.3) is 5.91 Å². The number of aromatic nitrogens is 3. The van der Waals surface area contributed by atoms with E-state index in [1.54, 1.807) is 28.8 Å². The lowest BCUT2D eigenvalue weighted by Crippen LogP contribution is -2.40. The van der Waals surface area contributed by atoms with Crippen molar-refractivity contribution in [2.45, 2.75) is 12.5 Å². The first-order valence-corrected chi connectivity index (χ1v) is 6.41. The maximum Gasteiger partial charge on any atom is 0.289 e. The molecule has 3 heterocycles. The Morgan fingerprint density at radius 3 is 3.15 bits per heavy atom. The Balaban J connectivity index is 1.88. The van der Waals surface area contributed by atoms with Gasteiger partial charge in [-0.2, -0.15) is 0 Å². The van der Waals surface area contributed by atoms with E-state index in [-0.39, 0.29) is 11.8 Å². The largest absolute Gasteiger partial charge is 0.459 e. The van der Waals surface area contributed by atoms with Gasteiger partial charge in [-0.1, -0.05) is 5.21 Å². The van der Waals surface area contributed by atoms with E-state index >= 15 is 0 Å². The number of ether oxygens (including phenoxy) is 1. The van der Waals surface area contributed by atoms with Crippen molar-refractivity contribution in [1.29, 1.82) is 0 Å². The maximum atomic E-state index is 12.4. The summed E-state index contributed by atoms with van der Waals surface area (Å²) in [6, 6.07) is 3.37. The van der Waals surface area contributed by atoms with Crippen LogP contribution in [-0.4, -0.2) is 46.1 Å². The zero-order valence-corrected chi connectivity index (χ0v) is 11.4. The first-order valence-electron chi connectivity index (χ1n) is 6.41. The number of nitrogens with zero attached hydrogens (tertiary/aromatic N) is 4. The van der Waals surface area contributed by atoms with Crippen LogP contribution >= 0.6 is 0 Å². The van der Waals surface area contributed by atoms with Gasteiger partial charge < -0.3 is 14.1 Å². The molecule has 0 fully saturated rings. The molecule has 0 aliphatic carbocycles. The summed E-state index contributed by atoms with van der Waals surface area (Å²) in [5.74, 6) is 0.281. The second-order valence-electron chi connectivity index (χ2n) is 4.86. The number of hydrogen-bond donors (Lipinski definition) is 0. The molecule has 1 aliphatic heterocycles. The number of methoxy groups -OCH3 is 1. The highest BCUT2D eigenvalue weighted by atomic mass is 16.5. The van der Waals surface area contributed by atoms with Crippen LogP contribution in [0.5, 0.6) is 0 Å². The Kier molecular flexibility index (Phi) is 3.27. The molecule has 0 saturated carbocycles. The summed E-state index contributed by atoms with van der Waals surface area (Å²) in [4.78, 5) is 14.1. The lowest BCUT2D eigenvalue weighted by Gasteiger charge is -2.31. The van der Waals surface area contributed by atoms with Gasteiger partial charge in [-0.05, 0) is 12.1 Å². The number of amides is 1. The van der Waals surface area contributed by atoms with Gasteiger partial charge in [-0.3, -0.25) is 9.48 Å². The van der Waals surface area contributed by atoms with E-state index in [0.717, 1.165) is 11.4 Å². The third-order valence-electron chi connectivity index (χ3n) is 3.50. The van der Waals surface area contributed by atoms with Gasteiger partial charge >= 0.3 is 0 Å². The molecule has 20 heavy (non-hydrogen) atoms. The summed E-state index contributed by atoms with van der Waals surface area (Å²) in [6.45, 7) is 1.54. The highest BCUT2D eigenvalue weighted by Gasteiger charge is 2.33. The van der Waals surface area contributed by atoms with E-state index < -0.39 is 0 Å². The molecule has 7 heteroatoms. The highest BCUT2D eigenvalue weighted by Crippen LogP contribution is 2.27. The molecule has 3 rings (SSSR count). The van der Waals surface area contributed by atoms with Crippen LogP contribution in [0.1, 0.15) is 27.9 Å². The highest BCUT2D eigenvalue weighted by molar-refractivity contribution is 5.91. The number of hydrogen-bond acceptors (Lipinski definition) is 5. The third kappa shape index (κ3) is 2.09. The molecule has 1 atom stereocenters. The van der Waals surface area contributed by atoms with Crippen molar-refractivity contribution < 1.29 is 13.9 Å². The summed E-state index contributed by atoms with van der Waals surface area (Å²) in [5, 5.41) is 8.17. The third-order valence-corrected chi connectivity index (χ3v) is 3.50. The molecule has 0 spiro atoms. The average Bonchev–Trinajstić information content (AvgIpc) is 3.08. The second-order valence-corrected chi connectivity index (χ2v) is 4.86. The fourth-order valence-electron chi connectivity index (χ4n) is 2.66. The smallest absolute Gasteiger partial charge is 0.289 e. The quantitative estimate of drug-likeness (QED) is 0.828. The van der Waals surface area contributed by atoms with Crippen molar-refractivity contribution in [2.24, 2.45) is 7.05 Å². The number of aryl methyl sites for hydroxylation is 1. The van der Waals surface area contributed by atoms with Crippen LogP contribution in [0, 0.1) is 0 Å². The van der Waals surface area contributed by atoms with Crippen molar-refractivity contribution in [2.75, 3.05) is 20.3 Å². The van der Waals surface area contributed by atoms with Gasteiger partial charge in [-0.15, -0.1) is 5.10 Å². The van der Waals surface area contributed by atoms with Gasteiger partial charge in [0.05, 0.1) is 25.1 Å². The molecular formula is C13H16N4O3. The van der Waals surface area contributed by atoms with Crippen molar-refractivity contribution in [3.63, 3.8) is 0 Å². The standard InChI is InChI=1S/C13H16N4O3/c1-16-12-9(8-19-2)6-17(7-10(12)14-15-16)13(18)11-4-3-5-20-11/h3-5,9H,6-8H2,1-2H3/t9-/m1/s1. The molecule has 7 nitrogen and oxygen atoms in total. The molecule has 0 aromatic carbocycles. The lowest BCUT2D eigenvalue weighted by molar-refractivity contribution is 0.0642. The molecule has 2 aromatic heterocycles. The Morgan fingerprint density at radius 1 is 1.60 bits per heavy atom. The molecule has 0 bridgehead atoms. The second kappa shape index (κ2) is 5.09. The summed E-state index contributed by atoms with van der Waals surface area (Å²) in [6.07, 6.45) is 1.50. The lowest BCUT2D eigenvalue weighted by atomic mass is 9.99. The molecule has 0 N–H and O–H groups in total. The van der Waals surface area contributed by atoms with E-state index in [4.69, 9.17) is 9.15 Å². The first-order chi connectivity index (χ1) is 9.70. The monoisotopic (exact) mass is 276 g/mol. The summed E-state index contributed by atoms with van der Waals surface area (Å²) >= 11 is 0. The van der Waals surface area contributed by atoms with E-state index in [1.165, 1.54) is 6.26 Å². The van der Waals surface area contributed by atoms with Gasteiger partial charge in [0.1, 0.15) is 5.69 Å². The Labute approximate surface area is 116 Å². The van der Waals surface area contributed by atoms with Crippen LogP contribution < -0.4 is 0 Å². The van der Waals surface area contributed by atoms with Crippen molar-refractivity contribution in [1.82, 2.24) is 19.9 Å². The molecule has 0 unspecified atom stereocenters. The molecule has 2 aromatic rings. The number of carbonyl (C=O) groups excluding carboxylic acids is 1. The zero-order chi connectivity index (χ0) is 14.1. The van der Waals surface area contributed by atoms with Crippen LogP contribution in [0.2, 0.25) is 0 Å². The first kappa shape index (κ1) is 12.9. The van der Waals surface area contributed by atoms with Crippen LogP contribution in [0.3, 0.4) is 0 Å². The van der Waals surface area contributed by atoms with Gasteiger partial charge in [0, 0.05) is 26.6 Å². The van der Waals surface area contributed by atoms with E-state index in [0.29, 0.717) is 25.5 Å². The number of rotatable bonds is 3. The van der Waals surface area contributed by atoms with E-state index in [2.05, 4.69) is 10.3 Å². The van der Waals surface area contributed by atoms with Gasteiger partial charge in [0.2, 0.25) is 0 Å². The number of furan rings is 1. The van der Waals surface area contributed by atoms with Crippen molar-refractivity contribution >= 4 is 5.91 Å². The van der Waals surface area contributed by atoms with Gasteiger partial charge in [0.15, 0.2) is 5.76 Å². The Bertz CT molecular complexity index is 605. The molecule has 1 aliphatic rings. The minimum atomic E-state index is -0.132. The number of carbonyl (C=O) groups is 1. The maximum absolute atomic E-state index is 12.4. The van der Waals surface area contributed by atoms with Gasteiger partial charge in [-0.25, -0.2) is 0 Å². The minimum Gasteiger partial charge on any atom is -0.459 e. The fourth-order valence-corrected chi connectivity index (χ4v) is 2.66. The van der Waals surface area contributed by atoms with Crippen molar-refractivity contribution in [3.05, 3.63) is 35.5 Å². The van der Waals surface area contributed by atoms with Crippen LogP contribution in [0.25, 0.3) is 0 Å². The predicted molar refractivity (Wildman–Crippen MR) is 69.1 cm³/mol. The van der Waals surface area contributed by atoms with Crippen molar-refractivity contribution in [3.8, 4) is 0 Å². The topological polar surface area (TPSA) is 73.4 Å². The molecular weight excluding hydrogens is 260 g/mol. The Morgan fingerprint density at radius 2 is 2.45 bits per heavy atom. The molecule has 0 radical (unpaired) electrons. The molecule has 106 valence electrons. The normalized spacial score (nSPS) is 18.1. The Hall–Kier alpha value is -2.15. The SMILES string of the molecule is COC[C@H]1CN(C(=O)c2ccco2)Cc2nnn(C)c21. The average molecular weight is 276 g/mol. The summed E-state index contributed by atoms with van der Waals surface area (Å²) in [5.41, 5.74) is 1.86. The summed E-state index contributed by atoms with van der Waals surface area (Å²) in [7, 11) is 3.51. The number of fused-ring (bicyclic) bond motifs is 1. The predicted octanol–water partition coefficient (Wildman–Crippen LogP) is 0.794. The van der Waals surface area contributed by atoms with E-state index in [9.17, 15) is 4.79 Å². The van der Waals surface area contributed by atoms with Crippen LogP contribution in [0.4, 0.5) is 0 Å². The van der Waals surface area contributed by atoms with E-state index in [1.807, 2.05) is 7.05 Å². The van der Waals surface area contributed by atoms with Crippen LogP contribution in [-0.2, 0) is 18.3 Å². The fraction of sp³-hybridized carbons (Fsp3) is 0.462. The van der Waals surface area contributed by atoms with Crippen LogP contribution in [0.15, 0.2) is 22.8 Å². The minimum absolute atomic E-state index is 0.0719. The zero-order valence-electron chi connectivity index (χ0n) is 11.4.